The lowest BCUT2D eigenvalue weighted by Gasteiger charge is -2.19. The number of hydrogen-bond acceptors (Lipinski definition) is 4. The Morgan fingerprint density at radius 3 is 2.42 bits per heavy atom. The molecule has 1 aliphatic heterocycles. The first-order valence-corrected chi connectivity index (χ1v) is 9.76. The standard InChI is InChI=1S/C21H20N2O2S/c24-19(23-12-6-7-13-23)14-16(20(25)15-8-2-1-3-9-15)21-22-17-10-4-5-11-18(17)26-21/h1-5,8-11,16H,6-7,12-14H2/t16-/m1/s1. The molecule has 0 N–H and O–H groups in total. The minimum Gasteiger partial charge on any atom is -0.343 e. The van der Waals surface area contributed by atoms with Crippen LogP contribution in [-0.4, -0.2) is 34.7 Å². The van der Waals surface area contributed by atoms with E-state index < -0.39 is 5.92 Å². The lowest BCUT2D eigenvalue weighted by atomic mass is 9.94. The Bertz CT molecular complexity index is 896. The summed E-state index contributed by atoms with van der Waals surface area (Å²) >= 11 is 1.51. The highest BCUT2D eigenvalue weighted by atomic mass is 32.1. The second-order valence-corrected chi connectivity index (χ2v) is 7.66. The van der Waals surface area contributed by atoms with E-state index in [4.69, 9.17) is 0 Å². The molecule has 2 heterocycles. The molecule has 2 aromatic carbocycles. The van der Waals surface area contributed by atoms with Gasteiger partial charge in [0.15, 0.2) is 5.78 Å². The molecule has 5 heteroatoms. The number of nitrogens with zero attached hydrogens (tertiary/aromatic N) is 2. The summed E-state index contributed by atoms with van der Waals surface area (Å²) in [7, 11) is 0. The Morgan fingerprint density at radius 1 is 1.00 bits per heavy atom. The number of likely N-dealkylation sites (tertiary alicyclic amines) is 1. The summed E-state index contributed by atoms with van der Waals surface area (Å²) in [6.45, 7) is 1.59. The van der Waals surface area contributed by atoms with Crippen molar-refractivity contribution in [1.82, 2.24) is 9.88 Å². The van der Waals surface area contributed by atoms with Gasteiger partial charge >= 0.3 is 0 Å². The third-order valence-electron chi connectivity index (χ3n) is 4.82. The van der Waals surface area contributed by atoms with Gasteiger partial charge in [-0.25, -0.2) is 4.98 Å². The number of ketones is 1. The van der Waals surface area contributed by atoms with Crippen molar-refractivity contribution in [2.45, 2.75) is 25.2 Å². The summed E-state index contributed by atoms with van der Waals surface area (Å²) in [5.74, 6) is -0.504. The smallest absolute Gasteiger partial charge is 0.223 e. The number of carbonyl (C=O) groups excluding carboxylic acids is 2. The van der Waals surface area contributed by atoms with Crippen LogP contribution in [0.1, 0.15) is 40.5 Å². The number of amides is 1. The molecular weight excluding hydrogens is 344 g/mol. The van der Waals surface area contributed by atoms with Crippen LogP contribution in [-0.2, 0) is 4.79 Å². The van der Waals surface area contributed by atoms with Crippen LogP contribution in [0.3, 0.4) is 0 Å². The predicted molar refractivity (Wildman–Crippen MR) is 104 cm³/mol. The normalized spacial score (nSPS) is 15.3. The average Bonchev–Trinajstić information content (AvgIpc) is 3.35. The maximum absolute atomic E-state index is 13.2. The Balaban J connectivity index is 1.68. The van der Waals surface area contributed by atoms with Crippen LogP contribution in [0.2, 0.25) is 0 Å². The molecule has 3 aromatic rings. The summed E-state index contributed by atoms with van der Waals surface area (Å²) < 4.78 is 1.04. The van der Waals surface area contributed by atoms with Gasteiger partial charge in [0.05, 0.1) is 16.1 Å². The predicted octanol–water partition coefficient (Wildman–Crippen LogP) is 4.28. The zero-order valence-electron chi connectivity index (χ0n) is 14.4. The lowest BCUT2D eigenvalue weighted by molar-refractivity contribution is -0.130. The minimum atomic E-state index is -0.525. The third kappa shape index (κ3) is 3.40. The Kier molecular flexibility index (Phi) is 4.80. The first kappa shape index (κ1) is 16.9. The van der Waals surface area contributed by atoms with Crippen LogP contribution in [0.4, 0.5) is 0 Å². The molecule has 0 unspecified atom stereocenters. The SMILES string of the molecule is O=C(c1ccccc1)[C@@H](CC(=O)N1CCCC1)c1nc2ccccc2s1. The fourth-order valence-electron chi connectivity index (χ4n) is 3.41. The molecule has 1 aromatic heterocycles. The van der Waals surface area contributed by atoms with Crippen molar-refractivity contribution < 1.29 is 9.59 Å². The van der Waals surface area contributed by atoms with Crippen molar-refractivity contribution in [3.8, 4) is 0 Å². The van der Waals surface area contributed by atoms with E-state index in [9.17, 15) is 9.59 Å². The van der Waals surface area contributed by atoms with Crippen molar-refractivity contribution in [1.29, 1.82) is 0 Å². The molecule has 1 fully saturated rings. The van der Waals surface area contributed by atoms with E-state index in [-0.39, 0.29) is 18.1 Å². The number of aromatic nitrogens is 1. The number of fused-ring (bicyclic) bond motifs is 1. The van der Waals surface area contributed by atoms with E-state index in [0.717, 1.165) is 41.2 Å². The molecule has 26 heavy (non-hydrogen) atoms. The lowest BCUT2D eigenvalue weighted by Crippen LogP contribution is -2.30. The first-order valence-electron chi connectivity index (χ1n) is 8.95. The summed E-state index contributed by atoms with van der Waals surface area (Å²) in [4.78, 5) is 32.4. The molecule has 0 bridgehead atoms. The second-order valence-electron chi connectivity index (χ2n) is 6.59. The maximum atomic E-state index is 13.2. The third-order valence-corrected chi connectivity index (χ3v) is 5.97. The summed E-state index contributed by atoms with van der Waals surface area (Å²) in [5.41, 5.74) is 1.51. The molecule has 0 spiro atoms. The van der Waals surface area contributed by atoms with Gasteiger partial charge in [-0.3, -0.25) is 9.59 Å². The number of benzene rings is 2. The molecule has 1 amide bonds. The van der Waals surface area contributed by atoms with Gasteiger partial charge in [-0.05, 0) is 25.0 Å². The van der Waals surface area contributed by atoms with Crippen LogP contribution >= 0.6 is 11.3 Å². The van der Waals surface area contributed by atoms with Gasteiger partial charge < -0.3 is 4.90 Å². The van der Waals surface area contributed by atoms with Crippen LogP contribution in [0.5, 0.6) is 0 Å². The molecule has 0 saturated carbocycles. The van der Waals surface area contributed by atoms with Gasteiger partial charge in [-0.1, -0.05) is 42.5 Å². The van der Waals surface area contributed by atoms with Crippen molar-refractivity contribution in [2.75, 3.05) is 13.1 Å². The topological polar surface area (TPSA) is 50.3 Å². The van der Waals surface area contributed by atoms with Crippen LogP contribution in [0.15, 0.2) is 54.6 Å². The van der Waals surface area contributed by atoms with E-state index in [1.54, 1.807) is 0 Å². The van der Waals surface area contributed by atoms with Crippen LogP contribution in [0, 0.1) is 0 Å². The molecule has 1 saturated heterocycles. The highest BCUT2D eigenvalue weighted by Crippen LogP contribution is 2.32. The highest BCUT2D eigenvalue weighted by molar-refractivity contribution is 7.18. The van der Waals surface area contributed by atoms with Gasteiger partial charge in [-0.2, -0.15) is 0 Å². The van der Waals surface area contributed by atoms with Gasteiger partial charge in [-0.15, -0.1) is 11.3 Å². The molecule has 0 aliphatic carbocycles. The van der Waals surface area contributed by atoms with Gasteiger partial charge in [0, 0.05) is 25.1 Å². The van der Waals surface area contributed by atoms with Crippen LogP contribution in [0.25, 0.3) is 10.2 Å². The zero-order valence-corrected chi connectivity index (χ0v) is 15.2. The van der Waals surface area contributed by atoms with Gasteiger partial charge in [0.25, 0.3) is 0 Å². The molecule has 1 aliphatic rings. The van der Waals surface area contributed by atoms with Crippen molar-refractivity contribution in [2.24, 2.45) is 0 Å². The van der Waals surface area contributed by atoms with Gasteiger partial charge in [0.2, 0.25) is 5.91 Å². The largest absolute Gasteiger partial charge is 0.343 e. The van der Waals surface area contributed by atoms with E-state index in [2.05, 4.69) is 4.98 Å². The Hall–Kier alpha value is -2.53. The molecular formula is C21H20N2O2S. The number of hydrogen-bond donors (Lipinski definition) is 0. The number of rotatable bonds is 5. The maximum Gasteiger partial charge on any atom is 0.223 e. The number of Topliss-reactive ketones (excluding diaryl/α,β-unsaturated/α-hetero) is 1. The molecule has 1 atom stereocenters. The average molecular weight is 364 g/mol. The highest BCUT2D eigenvalue weighted by Gasteiger charge is 2.30. The Morgan fingerprint density at radius 2 is 1.69 bits per heavy atom. The fraction of sp³-hybridized carbons (Fsp3) is 0.286. The second kappa shape index (κ2) is 7.38. The fourth-order valence-corrected chi connectivity index (χ4v) is 4.47. The quantitative estimate of drug-likeness (QED) is 0.635. The number of para-hydroxylation sites is 1. The molecule has 132 valence electrons. The molecule has 4 nitrogen and oxygen atoms in total. The summed E-state index contributed by atoms with van der Waals surface area (Å²) in [6, 6.07) is 17.1. The summed E-state index contributed by atoms with van der Waals surface area (Å²) in [6.07, 6.45) is 2.28. The van der Waals surface area contributed by atoms with Crippen LogP contribution < -0.4 is 0 Å². The number of carbonyl (C=O) groups is 2. The first-order chi connectivity index (χ1) is 12.7. The Labute approximate surface area is 156 Å². The van der Waals surface area contributed by atoms with E-state index >= 15 is 0 Å². The zero-order chi connectivity index (χ0) is 17.9. The summed E-state index contributed by atoms with van der Waals surface area (Å²) in [5, 5.41) is 0.729. The number of thiazole rings is 1. The minimum absolute atomic E-state index is 0.0304. The molecule has 0 radical (unpaired) electrons. The van der Waals surface area contributed by atoms with Gasteiger partial charge in [0.1, 0.15) is 5.01 Å². The van der Waals surface area contributed by atoms with E-state index in [1.165, 1.54) is 11.3 Å². The van der Waals surface area contributed by atoms with Crippen molar-refractivity contribution >= 4 is 33.2 Å². The van der Waals surface area contributed by atoms with E-state index in [1.807, 2.05) is 59.5 Å². The van der Waals surface area contributed by atoms with Crippen molar-refractivity contribution in [3.05, 3.63) is 65.2 Å². The monoisotopic (exact) mass is 364 g/mol. The molecule has 4 rings (SSSR count). The van der Waals surface area contributed by atoms with Crippen molar-refractivity contribution in [3.63, 3.8) is 0 Å². The van der Waals surface area contributed by atoms with E-state index in [0.29, 0.717) is 5.56 Å².